The van der Waals surface area contributed by atoms with E-state index in [0.717, 1.165) is 19.6 Å². The first kappa shape index (κ1) is 10.8. The van der Waals surface area contributed by atoms with Gasteiger partial charge in [-0.15, -0.1) is 11.8 Å². The summed E-state index contributed by atoms with van der Waals surface area (Å²) in [4.78, 5) is 3.85. The molecular weight excluding hydrogens is 204 g/mol. The smallest absolute Gasteiger partial charge is 0.0510 e. The normalized spacial score (nSPS) is 15.3. The van der Waals surface area contributed by atoms with Crippen LogP contribution >= 0.6 is 11.8 Å². The maximum Gasteiger partial charge on any atom is 0.0510 e. The Morgan fingerprint density at radius 3 is 2.93 bits per heavy atom. The summed E-state index contributed by atoms with van der Waals surface area (Å²) in [6.07, 6.45) is 0. The number of hydrogen-bond acceptors (Lipinski definition) is 3. The molecule has 0 fully saturated rings. The lowest BCUT2D eigenvalue weighted by molar-refractivity contribution is 0.802. The third-order valence-electron chi connectivity index (χ3n) is 2.75. The summed E-state index contributed by atoms with van der Waals surface area (Å²) in [5.41, 5.74) is 9.77. The molecule has 1 heterocycles. The summed E-state index contributed by atoms with van der Waals surface area (Å²) in [5.74, 6) is 1.18. The zero-order valence-electron chi connectivity index (χ0n) is 9.42. The van der Waals surface area contributed by atoms with Crippen LogP contribution in [-0.4, -0.2) is 25.4 Å². The van der Waals surface area contributed by atoms with Crippen LogP contribution in [0.4, 0.5) is 5.69 Å². The van der Waals surface area contributed by atoms with Gasteiger partial charge < -0.3 is 10.6 Å². The molecule has 0 spiro atoms. The average Bonchev–Trinajstić information content (AvgIpc) is 2.19. The number of thioether (sulfide) groups is 1. The van der Waals surface area contributed by atoms with Gasteiger partial charge in [-0.05, 0) is 31.0 Å². The van der Waals surface area contributed by atoms with Gasteiger partial charge in [-0.3, -0.25) is 0 Å². The molecule has 2 nitrogen and oxygen atoms in total. The molecule has 0 aromatic heterocycles. The van der Waals surface area contributed by atoms with Crippen LogP contribution in [0.25, 0.3) is 0 Å². The third-order valence-corrected chi connectivity index (χ3v) is 3.95. The molecule has 1 aromatic rings. The van der Waals surface area contributed by atoms with Crippen LogP contribution in [0, 0.1) is 13.8 Å². The predicted octanol–water partition coefficient (Wildman–Crippen LogP) is 2.17. The van der Waals surface area contributed by atoms with E-state index in [1.165, 1.54) is 27.5 Å². The van der Waals surface area contributed by atoms with Crippen LogP contribution < -0.4 is 10.6 Å². The molecule has 1 aromatic carbocycles. The van der Waals surface area contributed by atoms with Crippen LogP contribution in [-0.2, 0) is 0 Å². The van der Waals surface area contributed by atoms with Crippen LogP contribution in [0.5, 0.6) is 0 Å². The number of rotatable bonds is 2. The maximum atomic E-state index is 5.64. The molecule has 0 unspecified atom stereocenters. The quantitative estimate of drug-likeness (QED) is 0.831. The van der Waals surface area contributed by atoms with Crippen molar-refractivity contribution in [2.75, 3.05) is 30.3 Å². The van der Waals surface area contributed by atoms with Crippen molar-refractivity contribution in [2.45, 2.75) is 18.7 Å². The standard InChI is InChI=1S/C12H18N2S/c1-9-7-10(2)12-11(8-9)14(4-3-13)5-6-15-12/h7-8H,3-6,13H2,1-2H3. The van der Waals surface area contributed by atoms with Crippen LogP contribution in [0.15, 0.2) is 17.0 Å². The lowest BCUT2D eigenvalue weighted by Crippen LogP contribution is -2.34. The van der Waals surface area contributed by atoms with Gasteiger partial charge in [-0.2, -0.15) is 0 Å². The monoisotopic (exact) mass is 222 g/mol. The van der Waals surface area contributed by atoms with E-state index in [1.807, 2.05) is 11.8 Å². The molecule has 15 heavy (non-hydrogen) atoms. The molecule has 0 radical (unpaired) electrons. The zero-order valence-corrected chi connectivity index (χ0v) is 10.2. The summed E-state index contributed by atoms with van der Waals surface area (Å²) in [6, 6.07) is 4.54. The maximum absolute atomic E-state index is 5.64. The van der Waals surface area contributed by atoms with Gasteiger partial charge in [0.15, 0.2) is 0 Å². The number of aryl methyl sites for hydroxylation is 2. The second-order valence-electron chi connectivity index (χ2n) is 4.05. The van der Waals surface area contributed by atoms with Gasteiger partial charge in [0.2, 0.25) is 0 Å². The highest BCUT2D eigenvalue weighted by atomic mass is 32.2. The topological polar surface area (TPSA) is 29.3 Å². The lowest BCUT2D eigenvalue weighted by atomic mass is 10.1. The number of fused-ring (bicyclic) bond motifs is 1. The van der Waals surface area contributed by atoms with Gasteiger partial charge in [-0.25, -0.2) is 0 Å². The van der Waals surface area contributed by atoms with E-state index in [4.69, 9.17) is 5.73 Å². The minimum Gasteiger partial charge on any atom is -0.369 e. The summed E-state index contributed by atoms with van der Waals surface area (Å²) >= 11 is 1.97. The van der Waals surface area contributed by atoms with E-state index in [0.29, 0.717) is 0 Å². The fraction of sp³-hybridized carbons (Fsp3) is 0.500. The fourth-order valence-electron chi connectivity index (χ4n) is 2.12. The number of nitrogens with zero attached hydrogens (tertiary/aromatic N) is 1. The molecule has 0 bridgehead atoms. The van der Waals surface area contributed by atoms with E-state index >= 15 is 0 Å². The first-order chi connectivity index (χ1) is 7.22. The largest absolute Gasteiger partial charge is 0.369 e. The van der Waals surface area contributed by atoms with Gasteiger partial charge >= 0.3 is 0 Å². The zero-order chi connectivity index (χ0) is 10.8. The fourth-order valence-corrected chi connectivity index (χ4v) is 3.26. The SMILES string of the molecule is Cc1cc(C)c2c(c1)N(CCN)CCS2. The second kappa shape index (κ2) is 4.45. The molecule has 2 rings (SSSR count). The van der Waals surface area contributed by atoms with Crippen molar-refractivity contribution in [3.8, 4) is 0 Å². The van der Waals surface area contributed by atoms with Crippen molar-refractivity contribution in [1.29, 1.82) is 0 Å². The minimum atomic E-state index is 0.733. The average molecular weight is 222 g/mol. The number of nitrogens with two attached hydrogens (primary N) is 1. The summed E-state index contributed by atoms with van der Waals surface area (Å²) in [6.45, 7) is 7.18. The Kier molecular flexibility index (Phi) is 3.22. The number of benzene rings is 1. The Morgan fingerprint density at radius 1 is 1.40 bits per heavy atom. The van der Waals surface area contributed by atoms with Gasteiger partial charge in [0, 0.05) is 30.3 Å². The molecule has 0 atom stereocenters. The van der Waals surface area contributed by atoms with E-state index in [1.54, 1.807) is 0 Å². The van der Waals surface area contributed by atoms with Crippen molar-refractivity contribution >= 4 is 17.4 Å². The van der Waals surface area contributed by atoms with Crippen molar-refractivity contribution in [3.63, 3.8) is 0 Å². The van der Waals surface area contributed by atoms with Crippen LogP contribution in [0.3, 0.4) is 0 Å². The Morgan fingerprint density at radius 2 is 2.20 bits per heavy atom. The van der Waals surface area contributed by atoms with Crippen molar-refractivity contribution in [1.82, 2.24) is 0 Å². The molecule has 1 aliphatic rings. The lowest BCUT2D eigenvalue weighted by Gasteiger charge is -2.31. The highest BCUT2D eigenvalue weighted by Crippen LogP contribution is 2.37. The molecule has 0 aliphatic carbocycles. The Labute approximate surface area is 95.8 Å². The van der Waals surface area contributed by atoms with Gasteiger partial charge in [0.25, 0.3) is 0 Å². The number of anilines is 1. The van der Waals surface area contributed by atoms with E-state index in [9.17, 15) is 0 Å². The molecule has 1 aliphatic heterocycles. The van der Waals surface area contributed by atoms with E-state index < -0.39 is 0 Å². The minimum absolute atomic E-state index is 0.733. The first-order valence-corrected chi connectivity index (χ1v) is 6.40. The molecular formula is C12H18N2S. The highest BCUT2D eigenvalue weighted by Gasteiger charge is 2.18. The second-order valence-corrected chi connectivity index (χ2v) is 5.16. The van der Waals surface area contributed by atoms with Gasteiger partial charge in [0.1, 0.15) is 0 Å². The van der Waals surface area contributed by atoms with Crippen LogP contribution in [0.2, 0.25) is 0 Å². The van der Waals surface area contributed by atoms with E-state index in [-0.39, 0.29) is 0 Å². The van der Waals surface area contributed by atoms with Crippen molar-refractivity contribution in [3.05, 3.63) is 23.3 Å². The Balaban J connectivity index is 2.41. The molecule has 0 saturated heterocycles. The molecule has 0 amide bonds. The summed E-state index contributed by atoms with van der Waals surface area (Å²) in [7, 11) is 0. The Hall–Kier alpha value is -0.670. The summed E-state index contributed by atoms with van der Waals surface area (Å²) < 4.78 is 0. The Bertz CT molecular complexity index is 363. The predicted molar refractivity (Wildman–Crippen MR) is 67.9 cm³/mol. The van der Waals surface area contributed by atoms with Crippen molar-refractivity contribution < 1.29 is 0 Å². The van der Waals surface area contributed by atoms with Gasteiger partial charge in [-0.1, -0.05) is 6.07 Å². The molecule has 0 saturated carbocycles. The molecule has 2 N–H and O–H groups in total. The molecule has 82 valence electrons. The summed E-state index contributed by atoms with van der Waals surface area (Å²) in [5, 5.41) is 0. The highest BCUT2D eigenvalue weighted by molar-refractivity contribution is 7.99. The van der Waals surface area contributed by atoms with Gasteiger partial charge in [0.05, 0.1) is 5.69 Å². The first-order valence-electron chi connectivity index (χ1n) is 5.41. The van der Waals surface area contributed by atoms with E-state index in [2.05, 4.69) is 30.9 Å². The molecule has 3 heteroatoms. The number of hydrogen-bond donors (Lipinski definition) is 1. The third kappa shape index (κ3) is 2.13. The van der Waals surface area contributed by atoms with Crippen molar-refractivity contribution in [2.24, 2.45) is 5.73 Å². The van der Waals surface area contributed by atoms with Crippen LogP contribution in [0.1, 0.15) is 11.1 Å².